The second-order valence-corrected chi connectivity index (χ2v) is 5.73. The Labute approximate surface area is 134 Å². The lowest BCUT2D eigenvalue weighted by Gasteiger charge is -2.16. The van der Waals surface area contributed by atoms with Crippen molar-refractivity contribution in [2.45, 2.75) is 25.7 Å². The summed E-state index contributed by atoms with van der Waals surface area (Å²) >= 11 is 0. The number of H-pyrrole nitrogens is 2. The van der Waals surface area contributed by atoms with Crippen molar-refractivity contribution in [3.05, 3.63) is 48.0 Å². The van der Waals surface area contributed by atoms with Crippen molar-refractivity contribution < 1.29 is 4.79 Å². The van der Waals surface area contributed by atoms with Crippen LogP contribution in [0, 0.1) is 0 Å². The third kappa shape index (κ3) is 3.97. The molecular weight excluding hydrogens is 290 g/mol. The van der Waals surface area contributed by atoms with Crippen molar-refractivity contribution >= 4 is 16.9 Å². The van der Waals surface area contributed by atoms with E-state index in [9.17, 15) is 4.79 Å². The first-order chi connectivity index (χ1) is 11.2. The van der Waals surface area contributed by atoms with Gasteiger partial charge in [0.15, 0.2) is 0 Å². The lowest BCUT2D eigenvalue weighted by molar-refractivity contribution is -0.129. The number of hydrogen-bond donors (Lipinski definition) is 2. The Morgan fingerprint density at radius 1 is 1.26 bits per heavy atom. The van der Waals surface area contributed by atoms with Gasteiger partial charge in [-0.25, -0.2) is 4.98 Å². The number of imidazole rings is 1. The summed E-state index contributed by atoms with van der Waals surface area (Å²) in [6.07, 6.45) is 6.68. The van der Waals surface area contributed by atoms with Crippen LogP contribution in [0.5, 0.6) is 0 Å². The summed E-state index contributed by atoms with van der Waals surface area (Å²) in [5.41, 5.74) is 3.15. The quantitative estimate of drug-likeness (QED) is 0.703. The molecular formula is C17H21N5O. The molecule has 2 N–H and O–H groups in total. The molecule has 23 heavy (non-hydrogen) atoms. The lowest BCUT2D eigenvalue weighted by Crippen LogP contribution is -2.28. The Kier molecular flexibility index (Phi) is 4.71. The van der Waals surface area contributed by atoms with Crippen LogP contribution in [0.15, 0.2) is 36.7 Å². The molecule has 0 saturated carbocycles. The van der Waals surface area contributed by atoms with E-state index in [1.165, 1.54) is 0 Å². The Morgan fingerprint density at radius 3 is 2.91 bits per heavy atom. The molecule has 0 atom stereocenters. The highest BCUT2D eigenvalue weighted by Crippen LogP contribution is 2.11. The second kappa shape index (κ2) is 7.09. The number of aryl methyl sites for hydroxylation is 1. The number of carbonyl (C=O) groups excluding carboxylic acids is 1. The van der Waals surface area contributed by atoms with Crippen LogP contribution in [0.1, 0.15) is 24.2 Å². The van der Waals surface area contributed by atoms with Gasteiger partial charge >= 0.3 is 0 Å². The SMILES string of the molecule is CN(CCc1nc2ccccc2[nH]1)C(=O)CCCc1cn[nH]c1. The number of hydrogen-bond acceptors (Lipinski definition) is 3. The molecule has 0 unspecified atom stereocenters. The summed E-state index contributed by atoms with van der Waals surface area (Å²) in [5, 5.41) is 6.69. The molecule has 1 aromatic carbocycles. The number of aromatic nitrogens is 4. The van der Waals surface area contributed by atoms with Gasteiger partial charge < -0.3 is 9.88 Å². The maximum Gasteiger partial charge on any atom is 0.222 e. The minimum Gasteiger partial charge on any atom is -0.345 e. The van der Waals surface area contributed by atoms with E-state index in [2.05, 4.69) is 20.2 Å². The number of rotatable bonds is 7. The normalized spacial score (nSPS) is 11.0. The van der Waals surface area contributed by atoms with E-state index in [1.807, 2.05) is 37.5 Å². The fourth-order valence-electron chi connectivity index (χ4n) is 2.57. The molecule has 6 nitrogen and oxygen atoms in total. The number of para-hydroxylation sites is 2. The molecule has 6 heteroatoms. The van der Waals surface area contributed by atoms with Crippen LogP contribution in [-0.4, -0.2) is 44.6 Å². The van der Waals surface area contributed by atoms with E-state index in [-0.39, 0.29) is 5.91 Å². The van der Waals surface area contributed by atoms with Gasteiger partial charge in [-0.2, -0.15) is 5.10 Å². The first-order valence-corrected chi connectivity index (χ1v) is 7.87. The monoisotopic (exact) mass is 311 g/mol. The first-order valence-electron chi connectivity index (χ1n) is 7.87. The van der Waals surface area contributed by atoms with E-state index in [4.69, 9.17) is 0 Å². The summed E-state index contributed by atoms with van der Waals surface area (Å²) in [5.74, 6) is 1.09. The molecule has 0 radical (unpaired) electrons. The van der Waals surface area contributed by atoms with Crippen molar-refractivity contribution in [1.82, 2.24) is 25.1 Å². The average molecular weight is 311 g/mol. The average Bonchev–Trinajstić information content (AvgIpc) is 3.21. The highest BCUT2D eigenvalue weighted by Gasteiger charge is 2.10. The maximum atomic E-state index is 12.1. The first kappa shape index (κ1) is 15.3. The Hall–Kier alpha value is -2.63. The van der Waals surface area contributed by atoms with E-state index in [0.717, 1.165) is 41.7 Å². The minimum atomic E-state index is 0.171. The van der Waals surface area contributed by atoms with Gasteiger partial charge in [-0.05, 0) is 30.5 Å². The molecule has 0 spiro atoms. The van der Waals surface area contributed by atoms with Crippen LogP contribution in [0.3, 0.4) is 0 Å². The zero-order valence-corrected chi connectivity index (χ0v) is 13.2. The molecule has 0 fully saturated rings. The number of fused-ring (bicyclic) bond motifs is 1. The standard InChI is InChI=1S/C17H21N5O/c1-22(17(23)8-4-5-13-11-18-19-12-13)10-9-16-20-14-6-2-3-7-15(14)21-16/h2-3,6-7,11-12H,4-5,8-10H2,1H3,(H,18,19)(H,20,21). The zero-order valence-electron chi connectivity index (χ0n) is 13.2. The zero-order chi connectivity index (χ0) is 16.1. The molecule has 3 rings (SSSR count). The van der Waals surface area contributed by atoms with Crippen molar-refractivity contribution in [3.8, 4) is 0 Å². The van der Waals surface area contributed by atoms with E-state index in [1.54, 1.807) is 11.1 Å². The van der Waals surface area contributed by atoms with E-state index >= 15 is 0 Å². The third-order valence-electron chi connectivity index (χ3n) is 3.96. The van der Waals surface area contributed by atoms with Crippen molar-refractivity contribution in [1.29, 1.82) is 0 Å². The molecule has 3 aromatic rings. The molecule has 0 aliphatic carbocycles. The second-order valence-electron chi connectivity index (χ2n) is 5.73. The fourth-order valence-corrected chi connectivity index (χ4v) is 2.57. The van der Waals surface area contributed by atoms with Crippen molar-refractivity contribution in [2.24, 2.45) is 0 Å². The predicted octanol–water partition coefficient (Wildman–Crippen LogP) is 2.31. The number of aromatic amines is 2. The highest BCUT2D eigenvalue weighted by atomic mass is 16.2. The molecule has 0 aliphatic rings. The number of likely N-dealkylation sites (N-methyl/N-ethyl adjacent to an activating group) is 1. The van der Waals surface area contributed by atoms with Gasteiger partial charge in [0, 0.05) is 32.6 Å². The van der Waals surface area contributed by atoms with E-state index in [0.29, 0.717) is 13.0 Å². The van der Waals surface area contributed by atoms with Gasteiger partial charge in [0.05, 0.1) is 17.2 Å². The van der Waals surface area contributed by atoms with Crippen molar-refractivity contribution in [2.75, 3.05) is 13.6 Å². The third-order valence-corrected chi connectivity index (χ3v) is 3.96. The van der Waals surface area contributed by atoms with Crippen LogP contribution in [0.4, 0.5) is 0 Å². The molecule has 2 aromatic heterocycles. The number of benzene rings is 1. The number of amides is 1. The van der Waals surface area contributed by atoms with Gasteiger partial charge in [-0.1, -0.05) is 12.1 Å². The topological polar surface area (TPSA) is 77.7 Å². The van der Waals surface area contributed by atoms with Crippen LogP contribution in [-0.2, 0) is 17.6 Å². The Morgan fingerprint density at radius 2 is 2.13 bits per heavy atom. The van der Waals surface area contributed by atoms with Gasteiger partial charge in [-0.15, -0.1) is 0 Å². The largest absolute Gasteiger partial charge is 0.345 e. The van der Waals surface area contributed by atoms with Gasteiger partial charge in [0.2, 0.25) is 5.91 Å². The van der Waals surface area contributed by atoms with Crippen LogP contribution in [0.25, 0.3) is 11.0 Å². The van der Waals surface area contributed by atoms with Gasteiger partial charge in [0.1, 0.15) is 5.82 Å². The Bertz CT molecular complexity index is 729. The predicted molar refractivity (Wildman–Crippen MR) is 89.0 cm³/mol. The summed E-state index contributed by atoms with van der Waals surface area (Å²) in [6, 6.07) is 7.96. The molecule has 0 bridgehead atoms. The maximum absolute atomic E-state index is 12.1. The smallest absolute Gasteiger partial charge is 0.222 e. The molecule has 0 aliphatic heterocycles. The molecule has 1 amide bonds. The molecule has 0 saturated heterocycles. The van der Waals surface area contributed by atoms with Gasteiger partial charge in [-0.3, -0.25) is 9.89 Å². The summed E-state index contributed by atoms with van der Waals surface area (Å²) in [6.45, 7) is 0.671. The van der Waals surface area contributed by atoms with E-state index < -0.39 is 0 Å². The molecule has 2 heterocycles. The summed E-state index contributed by atoms with van der Waals surface area (Å²) in [7, 11) is 1.85. The minimum absolute atomic E-state index is 0.171. The number of carbonyl (C=O) groups is 1. The Balaban J connectivity index is 1.44. The number of nitrogens with one attached hydrogen (secondary N) is 2. The molecule has 120 valence electrons. The highest BCUT2D eigenvalue weighted by molar-refractivity contribution is 5.76. The van der Waals surface area contributed by atoms with Crippen LogP contribution < -0.4 is 0 Å². The fraction of sp³-hybridized carbons (Fsp3) is 0.353. The van der Waals surface area contributed by atoms with Crippen LogP contribution >= 0.6 is 0 Å². The van der Waals surface area contributed by atoms with Crippen molar-refractivity contribution in [3.63, 3.8) is 0 Å². The van der Waals surface area contributed by atoms with Crippen LogP contribution in [0.2, 0.25) is 0 Å². The number of nitrogens with zero attached hydrogens (tertiary/aromatic N) is 3. The lowest BCUT2D eigenvalue weighted by atomic mass is 10.1. The summed E-state index contributed by atoms with van der Waals surface area (Å²) in [4.78, 5) is 21.7. The van der Waals surface area contributed by atoms with Gasteiger partial charge in [0.25, 0.3) is 0 Å². The summed E-state index contributed by atoms with van der Waals surface area (Å²) < 4.78 is 0.